The number of aliphatic hydroxyl groups is 6. The normalized spacial score (nSPS) is 10.2. The Balaban J connectivity index is -0.000000105. The van der Waals surface area contributed by atoms with Crippen LogP contribution in [0.4, 0.5) is 0 Å². The van der Waals surface area contributed by atoms with E-state index in [0.29, 0.717) is 38.5 Å². The van der Waals surface area contributed by atoms with Crippen LogP contribution in [-0.4, -0.2) is 177 Å². The Bertz CT molecular complexity index is 906. The van der Waals surface area contributed by atoms with E-state index in [1.54, 1.807) is 0 Å². The number of rotatable bonds is 24. The molecule has 0 amide bonds. The van der Waals surface area contributed by atoms with Crippen molar-refractivity contribution in [3.8, 4) is 0 Å². The average molecular weight is 771 g/mol. The zero-order valence-corrected chi connectivity index (χ0v) is 31.8. The molecule has 0 saturated heterocycles. The standard InChI is InChI=1S/2C9H16O5.2C7H12O4.Ca.2H/c2*1-7(2)8(13)14-6-9(3-10,4-11)5-12;2*8-6(9)4-2-1-3-5-7(10)11;;;/h2*10-12H,1,3-6H2,2H3;2*1-5H2,(H,8,9)(H,10,11);;;/q;;;;+2;2*-1. The van der Waals surface area contributed by atoms with Crippen LogP contribution in [0.25, 0.3) is 0 Å². The third-order valence-corrected chi connectivity index (χ3v) is 6.29. The first-order valence-corrected chi connectivity index (χ1v) is 15.5. The number of aliphatic carboxylic acids is 4. The summed E-state index contributed by atoms with van der Waals surface area (Å²) < 4.78 is 9.45. The molecule has 0 unspecified atom stereocenters. The first-order chi connectivity index (χ1) is 23.3. The van der Waals surface area contributed by atoms with E-state index in [-0.39, 0.29) is 90.6 Å². The molecule has 296 valence electrons. The zero-order valence-electron chi connectivity index (χ0n) is 31.6. The molecule has 0 heterocycles. The van der Waals surface area contributed by atoms with Crippen molar-refractivity contribution in [3.63, 3.8) is 0 Å². The van der Waals surface area contributed by atoms with Crippen LogP contribution in [0.1, 0.15) is 80.9 Å². The van der Waals surface area contributed by atoms with Gasteiger partial charge in [-0.15, -0.1) is 0 Å². The SMILES string of the molecule is C=C(C)C(=O)OCC(CO)(CO)CO.C=C(C)C(=O)OCC(CO)(CO)CO.O=C(O)CCCCCC(=O)O.O=C(O)CCCCCC(=O)O.[Ca+2].[H-].[H-]. The molecular weight excluding hydrogens is 712 g/mol. The van der Waals surface area contributed by atoms with Gasteiger partial charge in [0.2, 0.25) is 0 Å². The number of aliphatic hydroxyl groups excluding tert-OH is 6. The zero-order chi connectivity index (χ0) is 39.8. The van der Waals surface area contributed by atoms with Gasteiger partial charge in [0, 0.05) is 36.8 Å². The van der Waals surface area contributed by atoms with E-state index in [1.165, 1.54) is 13.8 Å². The van der Waals surface area contributed by atoms with Crippen LogP contribution in [0.15, 0.2) is 24.3 Å². The summed E-state index contributed by atoms with van der Waals surface area (Å²) in [5, 5.41) is 86.2. The van der Waals surface area contributed by atoms with E-state index in [2.05, 4.69) is 13.2 Å². The summed E-state index contributed by atoms with van der Waals surface area (Å²) in [5.41, 5.74) is -1.89. The van der Waals surface area contributed by atoms with Gasteiger partial charge in [0.1, 0.15) is 13.2 Å². The molecule has 0 aromatic heterocycles. The Hall–Kier alpha value is -2.68. The Labute approximate surface area is 330 Å². The quantitative estimate of drug-likeness (QED) is 0.0271. The van der Waals surface area contributed by atoms with Gasteiger partial charge in [-0.25, -0.2) is 9.59 Å². The fraction of sp³-hybridized carbons (Fsp3) is 0.688. The van der Waals surface area contributed by atoms with Crippen molar-refractivity contribution >= 4 is 73.6 Å². The van der Waals surface area contributed by atoms with E-state index in [4.69, 9.17) is 60.5 Å². The number of carbonyl (C=O) groups is 6. The van der Waals surface area contributed by atoms with Crippen molar-refractivity contribution in [1.82, 2.24) is 0 Å². The Morgan fingerprint density at radius 1 is 0.471 bits per heavy atom. The summed E-state index contributed by atoms with van der Waals surface area (Å²) in [7, 11) is 0. The largest absolute Gasteiger partial charge is 2.00 e. The predicted molar refractivity (Wildman–Crippen MR) is 184 cm³/mol. The molecule has 19 heteroatoms. The Kier molecular flexibility index (Phi) is 40.4. The topological polar surface area (TPSA) is 323 Å². The van der Waals surface area contributed by atoms with E-state index in [0.717, 1.165) is 0 Å². The fourth-order valence-electron chi connectivity index (χ4n) is 2.72. The molecule has 0 saturated carbocycles. The third-order valence-electron chi connectivity index (χ3n) is 6.29. The first-order valence-electron chi connectivity index (χ1n) is 15.5. The molecule has 0 atom stereocenters. The maximum Gasteiger partial charge on any atom is 2.00 e. The number of hydrogen-bond donors (Lipinski definition) is 10. The summed E-state index contributed by atoms with van der Waals surface area (Å²) in [6.07, 6.45) is 4.20. The molecule has 0 fully saturated rings. The number of esters is 2. The number of carboxylic acid groups (broad SMARTS) is 4. The molecule has 0 aliphatic heterocycles. The van der Waals surface area contributed by atoms with Gasteiger partial charge in [0.25, 0.3) is 0 Å². The molecule has 51 heavy (non-hydrogen) atoms. The van der Waals surface area contributed by atoms with Gasteiger partial charge in [-0.05, 0) is 39.5 Å². The number of hydrogen-bond acceptors (Lipinski definition) is 14. The number of unbranched alkanes of at least 4 members (excludes halogenated alkanes) is 4. The van der Waals surface area contributed by atoms with Crippen LogP contribution in [0.5, 0.6) is 0 Å². The van der Waals surface area contributed by atoms with Crippen LogP contribution in [-0.2, 0) is 38.2 Å². The van der Waals surface area contributed by atoms with Crippen LogP contribution < -0.4 is 0 Å². The fourth-order valence-corrected chi connectivity index (χ4v) is 2.72. The van der Waals surface area contributed by atoms with Crippen molar-refractivity contribution in [2.75, 3.05) is 52.9 Å². The second-order valence-corrected chi connectivity index (χ2v) is 11.4. The minimum Gasteiger partial charge on any atom is -1.00 e. The number of ether oxygens (including phenoxy) is 2. The van der Waals surface area contributed by atoms with Crippen molar-refractivity contribution < 1.29 is 92.2 Å². The summed E-state index contributed by atoms with van der Waals surface area (Å²) >= 11 is 0. The maximum absolute atomic E-state index is 11.0. The summed E-state index contributed by atoms with van der Waals surface area (Å²) in [6, 6.07) is 0. The molecule has 0 aliphatic rings. The molecule has 0 spiro atoms. The van der Waals surface area contributed by atoms with E-state index in [1.807, 2.05) is 0 Å². The molecule has 0 aromatic rings. The molecular formula is C32H58CaO18. The Morgan fingerprint density at radius 2 is 0.667 bits per heavy atom. The minimum atomic E-state index is -1.18. The molecule has 0 aliphatic carbocycles. The van der Waals surface area contributed by atoms with E-state index in [9.17, 15) is 28.8 Å². The predicted octanol–water partition coefficient (Wildman–Crippen LogP) is 0.194. The van der Waals surface area contributed by atoms with E-state index < -0.39 is 86.3 Å². The van der Waals surface area contributed by atoms with Gasteiger partial charge in [0.05, 0.1) is 50.5 Å². The van der Waals surface area contributed by atoms with Crippen molar-refractivity contribution in [3.05, 3.63) is 24.3 Å². The second kappa shape index (κ2) is 35.7. The molecule has 0 rings (SSSR count). The molecule has 18 nitrogen and oxygen atoms in total. The Morgan fingerprint density at radius 3 is 0.804 bits per heavy atom. The molecule has 0 radical (unpaired) electrons. The van der Waals surface area contributed by atoms with Crippen molar-refractivity contribution in [2.45, 2.75) is 78.1 Å². The average Bonchev–Trinajstić information content (AvgIpc) is 3.06. The molecule has 10 N–H and O–H groups in total. The third kappa shape index (κ3) is 36.9. The van der Waals surface area contributed by atoms with E-state index >= 15 is 0 Å². The van der Waals surface area contributed by atoms with Gasteiger partial charge >= 0.3 is 73.6 Å². The summed E-state index contributed by atoms with van der Waals surface area (Å²) in [5.74, 6) is -4.49. The van der Waals surface area contributed by atoms with Gasteiger partial charge in [-0.2, -0.15) is 0 Å². The van der Waals surface area contributed by atoms with Crippen LogP contribution in [0.3, 0.4) is 0 Å². The van der Waals surface area contributed by atoms with Gasteiger partial charge < -0.3 is 63.4 Å². The maximum atomic E-state index is 11.0. The van der Waals surface area contributed by atoms with Crippen LogP contribution >= 0.6 is 0 Å². The smallest absolute Gasteiger partial charge is 1.00 e. The number of carbonyl (C=O) groups excluding carboxylic acids is 2. The molecule has 0 aromatic carbocycles. The van der Waals surface area contributed by atoms with Gasteiger partial charge in [-0.3, -0.25) is 19.2 Å². The monoisotopic (exact) mass is 770 g/mol. The summed E-state index contributed by atoms with van der Waals surface area (Å²) in [4.78, 5) is 61.9. The van der Waals surface area contributed by atoms with Gasteiger partial charge in [0.15, 0.2) is 0 Å². The summed E-state index contributed by atoms with van der Waals surface area (Å²) in [6.45, 7) is 6.52. The second-order valence-electron chi connectivity index (χ2n) is 11.4. The molecule has 0 bridgehead atoms. The number of carboxylic acids is 4. The first kappa shape index (κ1) is 57.7. The van der Waals surface area contributed by atoms with Crippen LogP contribution in [0.2, 0.25) is 0 Å². The van der Waals surface area contributed by atoms with Crippen molar-refractivity contribution in [2.24, 2.45) is 10.8 Å². The van der Waals surface area contributed by atoms with Crippen molar-refractivity contribution in [1.29, 1.82) is 0 Å². The van der Waals surface area contributed by atoms with Crippen LogP contribution in [0, 0.1) is 10.8 Å². The minimum absolute atomic E-state index is 0. The van der Waals surface area contributed by atoms with Gasteiger partial charge in [-0.1, -0.05) is 26.0 Å².